The molecular formula is C16H22O. The molecule has 0 radical (unpaired) electrons. The molecule has 1 nitrogen and oxygen atoms in total. The minimum atomic E-state index is -0.343. The van der Waals surface area contributed by atoms with Gasteiger partial charge in [0.15, 0.2) is 0 Å². The van der Waals surface area contributed by atoms with Crippen LogP contribution < -0.4 is 0 Å². The maximum absolute atomic E-state index is 10.4. The summed E-state index contributed by atoms with van der Waals surface area (Å²) >= 11 is 0. The molecule has 0 heterocycles. The first kappa shape index (κ1) is 12.4. The number of hydrogen-bond donors (Lipinski definition) is 1. The Hall–Kier alpha value is -1.08. The Bertz CT molecular complexity index is 364. The number of benzene rings is 1. The van der Waals surface area contributed by atoms with Crippen molar-refractivity contribution < 1.29 is 5.11 Å². The van der Waals surface area contributed by atoms with Gasteiger partial charge in [0, 0.05) is 5.92 Å². The summed E-state index contributed by atoms with van der Waals surface area (Å²) in [5, 5.41) is 10.4. The second-order valence-electron chi connectivity index (χ2n) is 5.09. The molecule has 0 aromatic heterocycles. The highest BCUT2D eigenvalue weighted by Gasteiger charge is 2.18. The molecule has 0 unspecified atom stereocenters. The molecule has 2 rings (SSSR count). The van der Waals surface area contributed by atoms with Crippen molar-refractivity contribution in [3.63, 3.8) is 0 Å². The maximum Gasteiger partial charge on any atom is 0.0852 e. The van der Waals surface area contributed by atoms with Crippen LogP contribution in [0.5, 0.6) is 0 Å². The molecule has 1 heteroatoms. The van der Waals surface area contributed by atoms with Crippen molar-refractivity contribution >= 4 is 0 Å². The van der Waals surface area contributed by atoms with Crippen LogP contribution in [0.4, 0.5) is 0 Å². The van der Waals surface area contributed by atoms with E-state index in [0.29, 0.717) is 0 Å². The van der Waals surface area contributed by atoms with Crippen molar-refractivity contribution in [3.05, 3.63) is 47.5 Å². The fourth-order valence-corrected chi connectivity index (χ4v) is 2.46. The Kier molecular flexibility index (Phi) is 4.38. The topological polar surface area (TPSA) is 20.2 Å². The van der Waals surface area contributed by atoms with Gasteiger partial charge >= 0.3 is 0 Å². The van der Waals surface area contributed by atoms with Gasteiger partial charge in [-0.3, -0.25) is 0 Å². The van der Waals surface area contributed by atoms with Crippen LogP contribution in [0.2, 0.25) is 0 Å². The highest BCUT2D eigenvalue weighted by molar-refractivity contribution is 5.24. The second kappa shape index (κ2) is 6.02. The molecule has 92 valence electrons. The van der Waals surface area contributed by atoms with E-state index >= 15 is 0 Å². The lowest BCUT2D eigenvalue weighted by Crippen LogP contribution is -2.11. The van der Waals surface area contributed by atoms with Gasteiger partial charge in [0.1, 0.15) is 0 Å². The average molecular weight is 230 g/mol. The quantitative estimate of drug-likeness (QED) is 0.756. The predicted molar refractivity (Wildman–Crippen MR) is 71.9 cm³/mol. The van der Waals surface area contributed by atoms with Gasteiger partial charge in [-0.05, 0) is 31.7 Å². The molecule has 0 bridgehead atoms. The van der Waals surface area contributed by atoms with Gasteiger partial charge in [-0.15, -0.1) is 0 Å². The second-order valence-corrected chi connectivity index (χ2v) is 5.09. The fraction of sp³-hybridized carbons (Fsp3) is 0.500. The number of aryl methyl sites for hydroxylation is 1. The van der Waals surface area contributed by atoms with E-state index in [0.717, 1.165) is 18.4 Å². The zero-order valence-corrected chi connectivity index (χ0v) is 10.6. The van der Waals surface area contributed by atoms with Crippen LogP contribution in [-0.2, 0) is 0 Å². The first-order chi connectivity index (χ1) is 8.27. The SMILES string of the molecule is Cc1ccc([C@@H](O)[C@@H]2C=CCCCCC2)cc1. The Morgan fingerprint density at radius 2 is 1.88 bits per heavy atom. The van der Waals surface area contributed by atoms with Gasteiger partial charge in [0.25, 0.3) is 0 Å². The molecule has 0 spiro atoms. The molecule has 2 atom stereocenters. The zero-order valence-electron chi connectivity index (χ0n) is 10.6. The molecule has 0 saturated carbocycles. The summed E-state index contributed by atoms with van der Waals surface area (Å²) in [4.78, 5) is 0. The van der Waals surface area contributed by atoms with Crippen LogP contribution in [0.15, 0.2) is 36.4 Å². The number of aliphatic hydroxyl groups excluding tert-OH is 1. The number of allylic oxidation sites excluding steroid dienone is 1. The first-order valence-electron chi connectivity index (χ1n) is 6.68. The normalized spacial score (nSPS) is 22.8. The van der Waals surface area contributed by atoms with Gasteiger partial charge in [-0.1, -0.05) is 54.8 Å². The standard InChI is InChI=1S/C16H22O/c1-13-9-11-15(12-10-13)16(17)14-7-5-3-2-4-6-8-14/h5,7,9-12,14,16-17H,2-4,6,8H2,1H3/t14-,16+/m1/s1. The van der Waals surface area contributed by atoms with Crippen LogP contribution in [-0.4, -0.2) is 5.11 Å². The molecule has 0 amide bonds. The van der Waals surface area contributed by atoms with E-state index in [2.05, 4.69) is 31.2 Å². The number of rotatable bonds is 2. The Labute approximate surface area is 104 Å². The monoisotopic (exact) mass is 230 g/mol. The summed E-state index contributed by atoms with van der Waals surface area (Å²) in [6.45, 7) is 2.08. The van der Waals surface area contributed by atoms with Crippen LogP contribution >= 0.6 is 0 Å². The first-order valence-corrected chi connectivity index (χ1v) is 6.68. The largest absolute Gasteiger partial charge is 0.388 e. The number of hydrogen-bond acceptors (Lipinski definition) is 1. The van der Waals surface area contributed by atoms with E-state index in [9.17, 15) is 5.11 Å². The Morgan fingerprint density at radius 3 is 2.65 bits per heavy atom. The van der Waals surface area contributed by atoms with Gasteiger partial charge < -0.3 is 5.11 Å². The third-order valence-electron chi connectivity index (χ3n) is 3.62. The molecule has 1 N–H and O–H groups in total. The van der Waals surface area contributed by atoms with Gasteiger partial charge in [0.05, 0.1) is 6.10 Å². The van der Waals surface area contributed by atoms with E-state index in [1.165, 1.54) is 24.8 Å². The van der Waals surface area contributed by atoms with Crippen LogP contribution in [0.1, 0.15) is 49.3 Å². The van der Waals surface area contributed by atoms with Crippen molar-refractivity contribution in [1.29, 1.82) is 0 Å². The van der Waals surface area contributed by atoms with Gasteiger partial charge in [-0.25, -0.2) is 0 Å². The smallest absolute Gasteiger partial charge is 0.0852 e. The van der Waals surface area contributed by atoms with E-state index in [4.69, 9.17) is 0 Å². The summed E-state index contributed by atoms with van der Waals surface area (Å²) in [6.07, 6.45) is 10.2. The predicted octanol–water partition coefficient (Wildman–Crippen LogP) is 4.16. The van der Waals surface area contributed by atoms with E-state index in [-0.39, 0.29) is 12.0 Å². The highest BCUT2D eigenvalue weighted by atomic mass is 16.3. The zero-order chi connectivity index (χ0) is 12.1. The van der Waals surface area contributed by atoms with E-state index < -0.39 is 0 Å². The summed E-state index contributed by atoms with van der Waals surface area (Å²) < 4.78 is 0. The van der Waals surface area contributed by atoms with Crippen molar-refractivity contribution in [2.75, 3.05) is 0 Å². The summed E-state index contributed by atoms with van der Waals surface area (Å²) in [5.74, 6) is 0.290. The van der Waals surface area contributed by atoms with E-state index in [1.807, 2.05) is 12.1 Å². The molecule has 1 aromatic carbocycles. The van der Waals surface area contributed by atoms with Crippen molar-refractivity contribution in [3.8, 4) is 0 Å². The van der Waals surface area contributed by atoms with E-state index in [1.54, 1.807) is 0 Å². The lowest BCUT2D eigenvalue weighted by Gasteiger charge is -2.21. The van der Waals surface area contributed by atoms with Crippen LogP contribution in [0, 0.1) is 12.8 Å². The van der Waals surface area contributed by atoms with Crippen molar-refractivity contribution in [2.45, 2.75) is 45.1 Å². The van der Waals surface area contributed by atoms with Crippen LogP contribution in [0.25, 0.3) is 0 Å². The molecule has 0 fully saturated rings. The lowest BCUT2D eigenvalue weighted by atomic mass is 9.88. The molecule has 0 saturated heterocycles. The summed E-state index contributed by atoms with van der Waals surface area (Å²) in [6, 6.07) is 8.25. The molecular weight excluding hydrogens is 208 g/mol. The molecule has 1 aliphatic carbocycles. The summed E-state index contributed by atoms with van der Waals surface area (Å²) in [5.41, 5.74) is 2.29. The molecule has 1 aromatic rings. The lowest BCUT2D eigenvalue weighted by molar-refractivity contribution is 0.124. The fourth-order valence-electron chi connectivity index (χ4n) is 2.46. The van der Waals surface area contributed by atoms with Gasteiger partial charge in [-0.2, -0.15) is 0 Å². The average Bonchev–Trinajstić information content (AvgIpc) is 2.29. The maximum atomic E-state index is 10.4. The minimum Gasteiger partial charge on any atom is -0.388 e. The third-order valence-corrected chi connectivity index (χ3v) is 3.62. The Balaban J connectivity index is 2.09. The van der Waals surface area contributed by atoms with Crippen molar-refractivity contribution in [2.24, 2.45) is 5.92 Å². The minimum absolute atomic E-state index is 0.290. The van der Waals surface area contributed by atoms with Crippen molar-refractivity contribution in [1.82, 2.24) is 0 Å². The summed E-state index contributed by atoms with van der Waals surface area (Å²) in [7, 11) is 0. The highest BCUT2D eigenvalue weighted by Crippen LogP contribution is 2.29. The van der Waals surface area contributed by atoms with Crippen LogP contribution in [0.3, 0.4) is 0 Å². The molecule has 1 aliphatic rings. The third kappa shape index (κ3) is 3.44. The number of aliphatic hydroxyl groups is 1. The Morgan fingerprint density at radius 1 is 1.12 bits per heavy atom. The van der Waals surface area contributed by atoms with Gasteiger partial charge in [0.2, 0.25) is 0 Å². The molecule has 0 aliphatic heterocycles. The molecule has 17 heavy (non-hydrogen) atoms.